The number of benzene rings is 2. The van der Waals surface area contributed by atoms with E-state index in [1.807, 2.05) is 19.9 Å². The molecule has 13 nitrogen and oxygen atoms in total. The predicted molar refractivity (Wildman–Crippen MR) is 150 cm³/mol. The Bertz CT molecular complexity index is 1310. The first-order chi connectivity index (χ1) is 20.1. The number of hydroxylamine groups is 1. The van der Waals surface area contributed by atoms with E-state index < -0.39 is 58.2 Å². The van der Waals surface area contributed by atoms with Crippen LogP contribution in [0.2, 0.25) is 0 Å². The van der Waals surface area contributed by atoms with Crippen molar-refractivity contribution in [3.05, 3.63) is 70.3 Å². The molecule has 2 aliphatic rings. The van der Waals surface area contributed by atoms with Gasteiger partial charge in [-0.2, -0.15) is 0 Å². The average Bonchev–Trinajstić information content (AvgIpc) is 3.60. The fourth-order valence-corrected chi connectivity index (χ4v) is 6.77. The van der Waals surface area contributed by atoms with Crippen LogP contribution in [0.1, 0.15) is 38.7 Å². The molecular weight excluding hydrogens is 570 g/mol. The molecule has 2 aromatic carbocycles. The number of rotatable bonds is 14. The Morgan fingerprint density at radius 3 is 2.38 bits per heavy atom. The predicted octanol–water partition coefficient (Wildman–Crippen LogP) is 3.42. The van der Waals surface area contributed by atoms with Crippen LogP contribution in [0, 0.1) is 16.0 Å². The SMILES string of the molecule is CCC(CC)ON(C[C@@H](O)[C@H](Cc1ccccc1)N(C(=O)O)[C@H]1CO[C@H]2OCC[C@H]21)S(=O)(=O)c1ccc([N+](=O)[O-])cc1. The third kappa shape index (κ3) is 7.07. The van der Waals surface area contributed by atoms with Crippen molar-refractivity contribution >= 4 is 21.8 Å². The molecule has 230 valence electrons. The first kappa shape index (κ1) is 31.8. The van der Waals surface area contributed by atoms with Gasteiger partial charge in [0.05, 0.1) is 53.9 Å². The summed E-state index contributed by atoms with van der Waals surface area (Å²) in [7, 11) is -4.42. The van der Waals surface area contributed by atoms with Crippen LogP contribution < -0.4 is 0 Å². The van der Waals surface area contributed by atoms with Crippen LogP contribution in [0.3, 0.4) is 0 Å². The molecule has 2 heterocycles. The number of carbonyl (C=O) groups is 1. The van der Waals surface area contributed by atoms with Gasteiger partial charge in [0.25, 0.3) is 15.7 Å². The van der Waals surface area contributed by atoms with E-state index in [1.54, 1.807) is 24.3 Å². The molecule has 1 amide bonds. The highest BCUT2D eigenvalue weighted by Gasteiger charge is 2.49. The third-order valence-electron chi connectivity index (χ3n) is 7.80. The molecule has 0 radical (unpaired) electrons. The molecule has 0 unspecified atom stereocenters. The summed E-state index contributed by atoms with van der Waals surface area (Å²) in [4.78, 5) is 30.0. The lowest BCUT2D eigenvalue weighted by atomic mass is 9.93. The molecule has 42 heavy (non-hydrogen) atoms. The van der Waals surface area contributed by atoms with E-state index in [1.165, 1.54) is 4.90 Å². The number of aliphatic hydroxyl groups excluding tert-OH is 1. The van der Waals surface area contributed by atoms with Gasteiger partial charge in [-0.25, -0.2) is 13.2 Å². The summed E-state index contributed by atoms with van der Waals surface area (Å²) in [5, 5.41) is 33.2. The molecule has 2 fully saturated rings. The zero-order chi connectivity index (χ0) is 30.4. The second kappa shape index (κ2) is 13.9. The maximum absolute atomic E-state index is 13.8. The van der Waals surface area contributed by atoms with Crippen molar-refractivity contribution in [2.45, 2.75) is 75.0 Å². The van der Waals surface area contributed by atoms with E-state index in [2.05, 4.69) is 0 Å². The van der Waals surface area contributed by atoms with Crippen LogP contribution in [-0.4, -0.2) is 89.4 Å². The molecule has 2 saturated heterocycles. The minimum absolute atomic E-state index is 0.0781. The number of nitrogens with zero attached hydrogens (tertiary/aromatic N) is 3. The molecule has 0 spiro atoms. The highest BCUT2D eigenvalue weighted by atomic mass is 32.2. The Morgan fingerprint density at radius 1 is 1.12 bits per heavy atom. The monoisotopic (exact) mass is 607 g/mol. The van der Waals surface area contributed by atoms with Gasteiger partial charge in [-0.3, -0.25) is 19.9 Å². The van der Waals surface area contributed by atoms with E-state index in [4.69, 9.17) is 14.3 Å². The molecule has 2 aromatic rings. The Kier molecular flexibility index (Phi) is 10.5. The Balaban J connectivity index is 1.69. The highest BCUT2D eigenvalue weighted by molar-refractivity contribution is 7.89. The lowest BCUT2D eigenvalue weighted by molar-refractivity contribution is -0.384. The Hall–Kier alpha value is -3.14. The van der Waals surface area contributed by atoms with Crippen LogP contribution in [0.4, 0.5) is 10.5 Å². The van der Waals surface area contributed by atoms with Crippen LogP contribution in [-0.2, 0) is 30.8 Å². The lowest BCUT2D eigenvalue weighted by Gasteiger charge is -2.39. The molecule has 0 saturated carbocycles. The van der Waals surface area contributed by atoms with Gasteiger partial charge >= 0.3 is 6.09 Å². The summed E-state index contributed by atoms with van der Waals surface area (Å²) in [6.07, 6.45) is -2.24. The number of hydrogen-bond donors (Lipinski definition) is 2. The first-order valence-corrected chi connectivity index (χ1v) is 15.4. The van der Waals surface area contributed by atoms with Crippen molar-refractivity contribution in [3.8, 4) is 0 Å². The van der Waals surface area contributed by atoms with E-state index >= 15 is 0 Å². The smallest absolute Gasteiger partial charge is 0.407 e. The van der Waals surface area contributed by atoms with Crippen LogP contribution in [0.25, 0.3) is 0 Å². The van der Waals surface area contributed by atoms with Crippen molar-refractivity contribution in [1.29, 1.82) is 0 Å². The number of amides is 1. The summed E-state index contributed by atoms with van der Waals surface area (Å²) in [5.41, 5.74) is 0.464. The van der Waals surface area contributed by atoms with Gasteiger partial charge in [-0.1, -0.05) is 48.6 Å². The molecule has 5 atom stereocenters. The van der Waals surface area contributed by atoms with Gasteiger partial charge in [0.2, 0.25) is 0 Å². The number of sulfonamides is 1. The maximum atomic E-state index is 13.8. The third-order valence-corrected chi connectivity index (χ3v) is 9.44. The minimum Gasteiger partial charge on any atom is -0.465 e. The summed E-state index contributed by atoms with van der Waals surface area (Å²) in [6, 6.07) is 11.7. The number of carboxylic acid groups (broad SMARTS) is 1. The van der Waals surface area contributed by atoms with Crippen molar-refractivity contribution in [3.63, 3.8) is 0 Å². The van der Waals surface area contributed by atoms with Gasteiger partial charge in [-0.05, 0) is 43.4 Å². The molecule has 0 aliphatic carbocycles. The number of nitro groups is 1. The quantitative estimate of drug-likeness (QED) is 0.240. The highest BCUT2D eigenvalue weighted by Crippen LogP contribution is 2.36. The standard InChI is InChI=1S/C28H37N3O10S/c1-3-21(4-2)41-29(42(37,38)22-12-10-20(11-13-22)31(35)36)17-26(32)24(16-19-8-6-5-7-9-19)30(28(33)34)25-18-40-27-23(25)14-15-39-27/h5-13,21,23-27,32H,3-4,14-18H2,1-2H3,(H,33,34)/t23-,24-,25-,26+,27+/m0/s1. The maximum Gasteiger partial charge on any atom is 0.407 e. The summed E-state index contributed by atoms with van der Waals surface area (Å²) in [5.74, 6) is -0.229. The Morgan fingerprint density at radius 2 is 1.79 bits per heavy atom. The summed E-state index contributed by atoms with van der Waals surface area (Å²) >= 11 is 0. The number of non-ortho nitro benzene ring substituents is 1. The zero-order valence-electron chi connectivity index (χ0n) is 23.5. The molecular formula is C28H37N3O10S. The molecule has 14 heteroatoms. The van der Waals surface area contributed by atoms with Crippen molar-refractivity contribution in [2.24, 2.45) is 5.92 Å². The summed E-state index contributed by atoms with van der Waals surface area (Å²) in [6.45, 7) is 3.57. The van der Waals surface area contributed by atoms with Crippen LogP contribution >= 0.6 is 0 Å². The first-order valence-electron chi connectivity index (χ1n) is 14.0. The van der Waals surface area contributed by atoms with Gasteiger partial charge < -0.3 is 19.7 Å². The number of nitro benzene ring substituents is 1. The van der Waals surface area contributed by atoms with Crippen molar-refractivity contribution in [1.82, 2.24) is 9.37 Å². The molecule has 4 rings (SSSR count). The topological polar surface area (TPSA) is 169 Å². The Labute approximate surface area is 244 Å². The minimum atomic E-state index is -4.42. The van der Waals surface area contributed by atoms with Crippen LogP contribution in [0.5, 0.6) is 0 Å². The van der Waals surface area contributed by atoms with Crippen LogP contribution in [0.15, 0.2) is 59.5 Å². The average molecular weight is 608 g/mol. The van der Waals surface area contributed by atoms with Crippen molar-refractivity contribution < 1.29 is 42.7 Å². The number of aliphatic hydroxyl groups is 1. The van der Waals surface area contributed by atoms with E-state index in [0.29, 0.717) is 30.3 Å². The number of ether oxygens (including phenoxy) is 2. The van der Waals surface area contributed by atoms with E-state index in [0.717, 1.165) is 29.8 Å². The van der Waals surface area contributed by atoms with E-state index in [-0.39, 0.29) is 29.5 Å². The molecule has 2 aliphatic heterocycles. The summed E-state index contributed by atoms with van der Waals surface area (Å²) < 4.78 is 39.5. The number of fused-ring (bicyclic) bond motifs is 1. The largest absolute Gasteiger partial charge is 0.465 e. The fraction of sp³-hybridized carbons (Fsp3) is 0.536. The van der Waals surface area contributed by atoms with E-state index in [9.17, 15) is 33.5 Å². The molecule has 2 N–H and O–H groups in total. The van der Waals surface area contributed by atoms with Gasteiger partial charge in [-0.15, -0.1) is 0 Å². The molecule has 0 aromatic heterocycles. The second-order valence-corrected chi connectivity index (χ2v) is 12.2. The zero-order valence-corrected chi connectivity index (χ0v) is 24.3. The second-order valence-electron chi connectivity index (χ2n) is 10.4. The lowest BCUT2D eigenvalue weighted by Crippen LogP contribution is -2.57. The van der Waals surface area contributed by atoms with Gasteiger partial charge in [0.15, 0.2) is 6.29 Å². The number of hydrogen-bond acceptors (Lipinski definition) is 9. The van der Waals surface area contributed by atoms with Crippen molar-refractivity contribution in [2.75, 3.05) is 19.8 Å². The van der Waals surface area contributed by atoms with Gasteiger partial charge in [0.1, 0.15) is 0 Å². The molecule has 0 bridgehead atoms. The fourth-order valence-electron chi connectivity index (χ4n) is 5.47. The van der Waals surface area contributed by atoms with Gasteiger partial charge in [0, 0.05) is 18.1 Å². The normalized spacial score (nSPS) is 21.8.